The molecular formula is C26H26N2O4. The maximum Gasteiger partial charge on any atom is 0.271 e. The van der Waals surface area contributed by atoms with E-state index in [1.165, 1.54) is 6.92 Å². The van der Waals surface area contributed by atoms with Gasteiger partial charge in [0, 0.05) is 0 Å². The Morgan fingerprint density at radius 1 is 1.16 bits per heavy atom. The minimum absolute atomic E-state index is 0.0387. The number of carbonyl (C=O) groups excluding carboxylic acids is 1. The fourth-order valence-corrected chi connectivity index (χ4v) is 3.66. The summed E-state index contributed by atoms with van der Waals surface area (Å²) in [5.74, 6) is -0.163. The molecule has 3 rings (SSSR count). The summed E-state index contributed by atoms with van der Waals surface area (Å²) in [6, 6.07) is 16.8. The van der Waals surface area contributed by atoms with E-state index in [9.17, 15) is 20.0 Å². The van der Waals surface area contributed by atoms with Gasteiger partial charge in [-0.1, -0.05) is 56.3 Å². The van der Waals surface area contributed by atoms with E-state index in [1.54, 1.807) is 12.1 Å². The number of aromatic hydroxyl groups is 1. The van der Waals surface area contributed by atoms with Gasteiger partial charge in [-0.25, -0.2) is 0 Å². The summed E-state index contributed by atoms with van der Waals surface area (Å²) < 4.78 is 6.89. The van der Waals surface area contributed by atoms with Gasteiger partial charge in [-0.15, -0.1) is 0 Å². The van der Waals surface area contributed by atoms with Gasteiger partial charge < -0.3 is 9.84 Å². The molecule has 0 bridgehead atoms. The highest BCUT2D eigenvalue weighted by Gasteiger charge is 2.24. The van der Waals surface area contributed by atoms with Crippen LogP contribution in [0.2, 0.25) is 0 Å². The van der Waals surface area contributed by atoms with Gasteiger partial charge in [-0.3, -0.25) is 14.2 Å². The maximum atomic E-state index is 13.1. The number of carbonyl (C=O) groups is 1. The number of hydrogen-bond acceptors (Lipinski definition) is 5. The van der Waals surface area contributed by atoms with Crippen molar-refractivity contribution in [2.45, 2.75) is 40.2 Å². The van der Waals surface area contributed by atoms with E-state index in [0.717, 1.165) is 21.3 Å². The molecule has 2 aromatic carbocycles. The Kier molecular flexibility index (Phi) is 6.79. The van der Waals surface area contributed by atoms with E-state index in [1.807, 2.05) is 63.2 Å². The first kappa shape index (κ1) is 22.8. The Balaban J connectivity index is 2.00. The van der Waals surface area contributed by atoms with Crippen LogP contribution in [-0.4, -0.2) is 22.1 Å². The SMILES string of the molecule is Cc1ccc(C(C)C)c(OCC(=O)c2c(C)c(C#N)c(=O)n(Cc3ccccc3)c2O)c1. The van der Waals surface area contributed by atoms with E-state index >= 15 is 0 Å². The van der Waals surface area contributed by atoms with E-state index in [4.69, 9.17) is 4.74 Å². The summed E-state index contributed by atoms with van der Waals surface area (Å²) in [6.45, 7) is 7.21. The van der Waals surface area contributed by atoms with Crippen molar-refractivity contribution in [3.8, 4) is 17.7 Å². The third kappa shape index (κ3) is 4.57. The molecule has 0 saturated carbocycles. The highest BCUT2D eigenvalue weighted by Crippen LogP contribution is 2.28. The molecule has 164 valence electrons. The van der Waals surface area contributed by atoms with Crippen LogP contribution in [0.15, 0.2) is 53.3 Å². The minimum atomic E-state index is -0.635. The molecule has 0 aliphatic rings. The molecule has 0 aliphatic carbocycles. The molecule has 0 spiro atoms. The fraction of sp³-hybridized carbons (Fsp3) is 0.269. The number of nitrogens with zero attached hydrogens (tertiary/aromatic N) is 2. The second-order valence-corrected chi connectivity index (χ2v) is 8.10. The molecule has 0 aliphatic heterocycles. The zero-order valence-electron chi connectivity index (χ0n) is 18.7. The highest BCUT2D eigenvalue weighted by atomic mass is 16.5. The second-order valence-electron chi connectivity index (χ2n) is 8.10. The lowest BCUT2D eigenvalue weighted by Gasteiger charge is -2.17. The molecule has 3 aromatic rings. The van der Waals surface area contributed by atoms with Crippen LogP contribution in [-0.2, 0) is 6.54 Å². The normalized spacial score (nSPS) is 10.8. The first-order valence-electron chi connectivity index (χ1n) is 10.4. The Morgan fingerprint density at radius 3 is 2.47 bits per heavy atom. The molecule has 0 amide bonds. The molecule has 6 nitrogen and oxygen atoms in total. The predicted octanol–water partition coefficient (Wildman–Crippen LogP) is 4.48. The van der Waals surface area contributed by atoms with Gasteiger partial charge in [0.15, 0.2) is 6.61 Å². The molecule has 0 fully saturated rings. The number of rotatable bonds is 7. The first-order chi connectivity index (χ1) is 15.2. The summed E-state index contributed by atoms with van der Waals surface area (Å²) >= 11 is 0. The van der Waals surface area contributed by atoms with Gasteiger partial charge in [0.1, 0.15) is 17.4 Å². The van der Waals surface area contributed by atoms with Crippen LogP contribution >= 0.6 is 0 Å². The number of ketones is 1. The smallest absolute Gasteiger partial charge is 0.271 e. The van der Waals surface area contributed by atoms with Gasteiger partial charge >= 0.3 is 0 Å². The van der Waals surface area contributed by atoms with Crippen molar-refractivity contribution in [1.29, 1.82) is 5.26 Å². The van der Waals surface area contributed by atoms with Crippen LogP contribution in [0.4, 0.5) is 0 Å². The van der Waals surface area contributed by atoms with Crippen molar-refractivity contribution >= 4 is 5.78 Å². The number of Topliss-reactive ketones (excluding diaryl/α,β-unsaturated/α-hetero) is 1. The Hall–Kier alpha value is -3.85. The monoisotopic (exact) mass is 430 g/mol. The highest BCUT2D eigenvalue weighted by molar-refractivity contribution is 6.01. The van der Waals surface area contributed by atoms with Crippen LogP contribution in [0.3, 0.4) is 0 Å². The summed E-state index contributed by atoms with van der Waals surface area (Å²) in [5, 5.41) is 20.4. The fourth-order valence-electron chi connectivity index (χ4n) is 3.66. The number of hydrogen-bond donors (Lipinski definition) is 1. The van der Waals surface area contributed by atoms with Crippen LogP contribution in [0.5, 0.6) is 11.6 Å². The number of aromatic nitrogens is 1. The zero-order chi connectivity index (χ0) is 23.4. The molecule has 1 heterocycles. The van der Waals surface area contributed by atoms with Crippen molar-refractivity contribution in [3.05, 3.63) is 92.3 Å². The molecule has 0 saturated heterocycles. The lowest BCUT2D eigenvalue weighted by atomic mass is 10.00. The lowest BCUT2D eigenvalue weighted by Crippen LogP contribution is -2.28. The van der Waals surface area contributed by atoms with E-state index < -0.39 is 17.2 Å². The zero-order valence-corrected chi connectivity index (χ0v) is 18.7. The van der Waals surface area contributed by atoms with Crippen molar-refractivity contribution in [2.75, 3.05) is 6.61 Å². The number of benzene rings is 2. The summed E-state index contributed by atoms with van der Waals surface area (Å²) in [4.78, 5) is 25.9. The Labute approximate surface area is 187 Å². The van der Waals surface area contributed by atoms with Crippen molar-refractivity contribution in [2.24, 2.45) is 0 Å². The van der Waals surface area contributed by atoms with E-state index in [2.05, 4.69) is 0 Å². The third-order valence-electron chi connectivity index (χ3n) is 5.41. The quantitative estimate of drug-likeness (QED) is 0.558. The molecule has 6 heteroatoms. The van der Waals surface area contributed by atoms with Crippen LogP contribution in [0.1, 0.15) is 57.9 Å². The third-order valence-corrected chi connectivity index (χ3v) is 5.41. The summed E-state index contributed by atoms with van der Waals surface area (Å²) in [5.41, 5.74) is 2.01. The van der Waals surface area contributed by atoms with Crippen LogP contribution in [0, 0.1) is 25.2 Å². The number of nitriles is 1. The molecule has 1 aromatic heterocycles. The molecule has 0 atom stereocenters. The van der Waals surface area contributed by atoms with Gasteiger partial charge in [0.05, 0.1) is 12.1 Å². The lowest BCUT2D eigenvalue weighted by molar-refractivity contribution is 0.0915. The van der Waals surface area contributed by atoms with Gasteiger partial charge in [-0.05, 0) is 48.1 Å². The number of aryl methyl sites for hydroxylation is 1. The van der Waals surface area contributed by atoms with E-state index in [-0.39, 0.29) is 35.8 Å². The number of ether oxygens (including phenoxy) is 1. The Bertz CT molecular complexity index is 1250. The summed E-state index contributed by atoms with van der Waals surface area (Å²) in [6.07, 6.45) is 0. The molecule has 1 N–H and O–H groups in total. The maximum absolute atomic E-state index is 13.1. The van der Waals surface area contributed by atoms with Gasteiger partial charge in [0.25, 0.3) is 5.56 Å². The standard InChI is InChI=1S/C26H26N2O4/c1-16(2)20-11-10-17(3)12-23(20)32-15-22(29)24-18(4)21(13-27)25(30)28(26(24)31)14-19-8-6-5-7-9-19/h5-12,16,31H,14-15H2,1-4H3. The van der Waals surface area contributed by atoms with Crippen molar-refractivity contribution in [1.82, 2.24) is 4.57 Å². The average molecular weight is 431 g/mol. The van der Waals surface area contributed by atoms with Gasteiger partial charge in [0.2, 0.25) is 11.7 Å². The number of pyridine rings is 1. The Morgan fingerprint density at radius 2 is 1.84 bits per heavy atom. The molecule has 32 heavy (non-hydrogen) atoms. The predicted molar refractivity (Wildman–Crippen MR) is 122 cm³/mol. The first-order valence-corrected chi connectivity index (χ1v) is 10.4. The minimum Gasteiger partial charge on any atom is -0.494 e. The molecular weight excluding hydrogens is 404 g/mol. The average Bonchev–Trinajstić information content (AvgIpc) is 2.76. The van der Waals surface area contributed by atoms with Gasteiger partial charge in [-0.2, -0.15) is 5.26 Å². The topological polar surface area (TPSA) is 92.3 Å². The van der Waals surface area contributed by atoms with Crippen LogP contribution < -0.4 is 10.3 Å². The molecule has 0 radical (unpaired) electrons. The second kappa shape index (κ2) is 9.52. The van der Waals surface area contributed by atoms with Crippen molar-refractivity contribution < 1.29 is 14.6 Å². The largest absolute Gasteiger partial charge is 0.494 e. The molecule has 0 unspecified atom stereocenters. The van der Waals surface area contributed by atoms with Crippen LogP contribution in [0.25, 0.3) is 0 Å². The summed E-state index contributed by atoms with van der Waals surface area (Å²) in [7, 11) is 0. The van der Waals surface area contributed by atoms with Crippen molar-refractivity contribution in [3.63, 3.8) is 0 Å². The van der Waals surface area contributed by atoms with E-state index in [0.29, 0.717) is 5.75 Å².